The summed E-state index contributed by atoms with van der Waals surface area (Å²) >= 11 is 3.59. The Kier molecular flexibility index (Phi) is 10.6. The van der Waals surface area contributed by atoms with E-state index in [0.29, 0.717) is 48.3 Å². The Labute approximate surface area is 226 Å². The van der Waals surface area contributed by atoms with Crippen molar-refractivity contribution in [1.82, 2.24) is 5.32 Å². The molecule has 3 aromatic carbocycles. The summed E-state index contributed by atoms with van der Waals surface area (Å²) in [5.41, 5.74) is 3.00. The Hall–Kier alpha value is -2.65. The lowest BCUT2D eigenvalue weighted by Gasteiger charge is -2.21. The number of nitrogens with one attached hydrogen (secondary N) is 1. The minimum Gasteiger partial charge on any atom is -0.497 e. The maximum atomic E-state index is 10.7. The molecule has 1 unspecified atom stereocenters. The van der Waals surface area contributed by atoms with Gasteiger partial charge in [0.1, 0.15) is 31.7 Å². The Morgan fingerprint density at radius 3 is 2.42 bits per heavy atom. The summed E-state index contributed by atoms with van der Waals surface area (Å²) in [6.45, 7) is 2.61. The van der Waals surface area contributed by atoms with Crippen molar-refractivity contribution in [1.29, 1.82) is 0 Å². The van der Waals surface area contributed by atoms with Gasteiger partial charge in [0.15, 0.2) is 23.0 Å². The fourth-order valence-electron chi connectivity index (χ4n) is 3.80. The minimum atomic E-state index is -0.832. The molecule has 36 heavy (non-hydrogen) atoms. The molecule has 1 aliphatic rings. The second kappa shape index (κ2) is 13.6. The molecule has 0 spiro atoms. The van der Waals surface area contributed by atoms with Crippen molar-refractivity contribution < 1.29 is 28.8 Å². The largest absolute Gasteiger partial charge is 0.497 e. The molecule has 0 fully saturated rings. The average molecular weight is 581 g/mol. The van der Waals surface area contributed by atoms with Gasteiger partial charge in [0, 0.05) is 6.54 Å². The first-order valence-electron chi connectivity index (χ1n) is 11.5. The summed E-state index contributed by atoms with van der Waals surface area (Å²) in [4.78, 5) is 0. The monoisotopic (exact) mass is 579 g/mol. The van der Waals surface area contributed by atoms with Gasteiger partial charge in [-0.15, -0.1) is 12.4 Å². The van der Waals surface area contributed by atoms with Crippen molar-refractivity contribution in [3.05, 3.63) is 75.8 Å². The highest BCUT2D eigenvalue weighted by atomic mass is 79.9. The van der Waals surface area contributed by atoms with Gasteiger partial charge in [0.25, 0.3) is 0 Å². The molecule has 1 aliphatic heterocycles. The molecule has 0 saturated heterocycles. The van der Waals surface area contributed by atoms with Gasteiger partial charge in [0.2, 0.25) is 0 Å². The van der Waals surface area contributed by atoms with Gasteiger partial charge in [-0.05, 0) is 82.0 Å². The van der Waals surface area contributed by atoms with Crippen LogP contribution in [0.1, 0.15) is 22.8 Å². The number of hydrogen-bond donors (Lipinski definition) is 2. The molecule has 3 aromatic rings. The topological polar surface area (TPSA) is 78.4 Å². The van der Waals surface area contributed by atoms with Gasteiger partial charge in [-0.2, -0.15) is 0 Å². The highest BCUT2D eigenvalue weighted by Gasteiger charge is 2.18. The zero-order valence-electron chi connectivity index (χ0n) is 20.3. The van der Waals surface area contributed by atoms with Gasteiger partial charge >= 0.3 is 0 Å². The SMILES string of the molecule is COc1ccc(CCNCc2cc(Br)c(OCC(O)c3ccc4c(c3)OCCO4)c(OC)c2)cc1.Cl. The van der Waals surface area contributed by atoms with Crippen molar-refractivity contribution in [2.75, 3.05) is 40.6 Å². The van der Waals surface area contributed by atoms with Crippen LogP contribution in [0.5, 0.6) is 28.7 Å². The third-order valence-corrected chi connectivity index (χ3v) is 6.29. The fourth-order valence-corrected chi connectivity index (χ4v) is 4.40. The zero-order valence-corrected chi connectivity index (χ0v) is 22.7. The predicted octanol–water partition coefficient (Wildman–Crippen LogP) is 5.10. The molecule has 0 amide bonds. The highest BCUT2D eigenvalue weighted by molar-refractivity contribution is 9.10. The standard InChI is InChI=1S/C27H30BrNO6.ClH/c1-31-21-6-3-18(4-7-21)9-10-29-16-19-13-22(28)27(26(14-19)32-2)35-17-23(30)20-5-8-24-25(15-20)34-12-11-33-24;/h3-8,13-15,23,29-30H,9-12,16-17H2,1-2H3;1H. The van der Waals surface area contributed by atoms with Gasteiger partial charge in [0.05, 0.1) is 18.7 Å². The number of aliphatic hydroxyl groups is 1. The minimum absolute atomic E-state index is 0. The predicted molar refractivity (Wildman–Crippen MR) is 144 cm³/mol. The molecule has 1 heterocycles. The van der Waals surface area contributed by atoms with Crippen molar-refractivity contribution in [2.24, 2.45) is 0 Å². The van der Waals surface area contributed by atoms with Crippen LogP contribution in [0.3, 0.4) is 0 Å². The molecule has 9 heteroatoms. The molecular formula is C27H31BrClNO6. The number of rotatable bonds is 11. The molecule has 4 rings (SSSR count). The summed E-state index contributed by atoms with van der Waals surface area (Å²) in [6.07, 6.45) is 0.0862. The Morgan fingerprint density at radius 1 is 0.944 bits per heavy atom. The molecule has 2 N–H and O–H groups in total. The van der Waals surface area contributed by atoms with E-state index in [4.69, 9.17) is 23.7 Å². The number of aliphatic hydroxyl groups excluding tert-OH is 1. The van der Waals surface area contributed by atoms with Crippen LogP contribution in [-0.2, 0) is 13.0 Å². The highest BCUT2D eigenvalue weighted by Crippen LogP contribution is 2.38. The van der Waals surface area contributed by atoms with Crippen LogP contribution >= 0.6 is 28.3 Å². The van der Waals surface area contributed by atoms with E-state index in [-0.39, 0.29) is 19.0 Å². The van der Waals surface area contributed by atoms with E-state index in [9.17, 15) is 5.11 Å². The van der Waals surface area contributed by atoms with Gasteiger partial charge in [-0.1, -0.05) is 18.2 Å². The Bertz CT molecular complexity index is 1130. The lowest BCUT2D eigenvalue weighted by molar-refractivity contribution is 0.105. The fraction of sp³-hybridized carbons (Fsp3) is 0.333. The molecule has 0 saturated carbocycles. The molecule has 0 bridgehead atoms. The normalized spacial score (nSPS) is 12.9. The first-order valence-corrected chi connectivity index (χ1v) is 12.3. The number of benzene rings is 3. The molecule has 1 atom stereocenters. The lowest BCUT2D eigenvalue weighted by atomic mass is 10.1. The molecule has 0 aromatic heterocycles. The van der Waals surface area contributed by atoms with Crippen LogP contribution in [0.4, 0.5) is 0 Å². The van der Waals surface area contributed by atoms with Crippen molar-refractivity contribution >= 4 is 28.3 Å². The summed E-state index contributed by atoms with van der Waals surface area (Å²) in [5, 5.41) is 14.1. The van der Waals surface area contributed by atoms with E-state index in [1.165, 1.54) is 5.56 Å². The molecule has 0 aliphatic carbocycles. The van der Waals surface area contributed by atoms with Gasteiger partial charge < -0.3 is 34.1 Å². The summed E-state index contributed by atoms with van der Waals surface area (Å²) in [7, 11) is 3.27. The number of methoxy groups -OCH3 is 2. The average Bonchev–Trinajstić information content (AvgIpc) is 2.90. The van der Waals surface area contributed by atoms with Crippen LogP contribution in [0.2, 0.25) is 0 Å². The second-order valence-electron chi connectivity index (χ2n) is 8.11. The maximum Gasteiger partial charge on any atom is 0.175 e. The maximum absolute atomic E-state index is 10.7. The first kappa shape index (κ1) is 27.9. The third-order valence-electron chi connectivity index (χ3n) is 5.70. The second-order valence-corrected chi connectivity index (χ2v) is 8.97. The van der Waals surface area contributed by atoms with E-state index in [2.05, 4.69) is 33.4 Å². The smallest absolute Gasteiger partial charge is 0.175 e. The van der Waals surface area contributed by atoms with Crippen LogP contribution in [0.25, 0.3) is 0 Å². The quantitative estimate of drug-likeness (QED) is 0.306. The van der Waals surface area contributed by atoms with E-state index in [0.717, 1.165) is 28.8 Å². The summed E-state index contributed by atoms with van der Waals surface area (Å²) < 4.78 is 28.6. The Balaban J connectivity index is 0.00000361. The van der Waals surface area contributed by atoms with Gasteiger partial charge in [-0.3, -0.25) is 0 Å². The van der Waals surface area contributed by atoms with E-state index < -0.39 is 6.10 Å². The molecule has 0 radical (unpaired) electrons. The first-order chi connectivity index (χ1) is 17.1. The van der Waals surface area contributed by atoms with E-state index in [1.807, 2.05) is 30.3 Å². The third kappa shape index (κ3) is 7.20. The van der Waals surface area contributed by atoms with Crippen LogP contribution in [0, 0.1) is 0 Å². The number of fused-ring (bicyclic) bond motifs is 1. The zero-order chi connectivity index (χ0) is 24.6. The van der Waals surface area contributed by atoms with Crippen molar-refractivity contribution in [2.45, 2.75) is 19.1 Å². The van der Waals surface area contributed by atoms with Crippen molar-refractivity contribution in [3.8, 4) is 28.7 Å². The number of hydrogen-bond acceptors (Lipinski definition) is 7. The Morgan fingerprint density at radius 2 is 1.69 bits per heavy atom. The lowest BCUT2D eigenvalue weighted by Crippen LogP contribution is -2.17. The van der Waals surface area contributed by atoms with Crippen LogP contribution in [0.15, 0.2) is 59.1 Å². The van der Waals surface area contributed by atoms with Crippen LogP contribution < -0.4 is 29.0 Å². The van der Waals surface area contributed by atoms with E-state index in [1.54, 1.807) is 26.4 Å². The summed E-state index contributed by atoms with van der Waals surface area (Å²) in [5.74, 6) is 3.33. The molecule has 7 nitrogen and oxygen atoms in total. The molecule has 194 valence electrons. The number of halogens is 2. The van der Waals surface area contributed by atoms with Crippen LogP contribution in [-0.4, -0.2) is 45.7 Å². The number of ether oxygens (including phenoxy) is 5. The summed E-state index contributed by atoms with van der Waals surface area (Å²) in [6, 6.07) is 17.4. The van der Waals surface area contributed by atoms with Gasteiger partial charge in [-0.25, -0.2) is 0 Å². The van der Waals surface area contributed by atoms with E-state index >= 15 is 0 Å². The van der Waals surface area contributed by atoms with Crippen molar-refractivity contribution in [3.63, 3.8) is 0 Å². The molecular weight excluding hydrogens is 550 g/mol.